The van der Waals surface area contributed by atoms with Crippen molar-refractivity contribution in [3.05, 3.63) is 48.0 Å². The highest BCUT2D eigenvalue weighted by Gasteiger charge is 2.12. The highest BCUT2D eigenvalue weighted by atomic mass is 16.5. The molecular weight excluding hydrogens is 220 g/mol. The first kappa shape index (κ1) is 13.0. The molecule has 0 saturated carbocycles. The summed E-state index contributed by atoms with van der Waals surface area (Å²) in [5.74, 6) is -1.82. The Balaban J connectivity index is 2.65. The fraction of sp³-hybridized carbons (Fsp3) is 0.231. The normalized spacial score (nSPS) is 12.3. The molecule has 4 heteroatoms. The number of carbonyl (C=O) groups is 2. The van der Waals surface area contributed by atoms with Crippen LogP contribution in [0.1, 0.15) is 25.0 Å². The van der Waals surface area contributed by atoms with Gasteiger partial charge in [-0.25, -0.2) is 9.59 Å². The lowest BCUT2D eigenvalue weighted by atomic mass is 10.1. The standard InChI is InChI=1S/C13H14O4/c1-2-11(10-6-4-3-5-7-10)17-13(16)9-8-12(14)15/h3-9,11H,2H2,1H3,(H,14,15). The third-order valence-electron chi connectivity index (χ3n) is 2.16. The Morgan fingerprint density at radius 1 is 1.29 bits per heavy atom. The molecule has 0 spiro atoms. The van der Waals surface area contributed by atoms with Crippen molar-refractivity contribution in [2.75, 3.05) is 0 Å². The molecule has 0 bridgehead atoms. The van der Waals surface area contributed by atoms with Crippen molar-refractivity contribution in [1.82, 2.24) is 0 Å². The molecule has 0 saturated heterocycles. The smallest absolute Gasteiger partial charge is 0.331 e. The van der Waals surface area contributed by atoms with Crippen molar-refractivity contribution < 1.29 is 19.4 Å². The van der Waals surface area contributed by atoms with E-state index in [1.165, 1.54) is 0 Å². The predicted octanol–water partition coefficient (Wildman–Crippen LogP) is 2.32. The van der Waals surface area contributed by atoms with Gasteiger partial charge in [-0.2, -0.15) is 0 Å². The van der Waals surface area contributed by atoms with Gasteiger partial charge in [0.05, 0.1) is 0 Å². The van der Waals surface area contributed by atoms with E-state index < -0.39 is 11.9 Å². The number of aliphatic carboxylic acids is 1. The number of carboxylic acids is 1. The number of benzene rings is 1. The third-order valence-corrected chi connectivity index (χ3v) is 2.16. The van der Waals surface area contributed by atoms with E-state index in [1.807, 2.05) is 37.3 Å². The highest BCUT2D eigenvalue weighted by molar-refractivity contribution is 5.90. The Morgan fingerprint density at radius 3 is 2.47 bits per heavy atom. The number of hydrogen-bond acceptors (Lipinski definition) is 3. The zero-order chi connectivity index (χ0) is 12.7. The summed E-state index contributed by atoms with van der Waals surface area (Å²) >= 11 is 0. The molecule has 1 aromatic rings. The maximum Gasteiger partial charge on any atom is 0.331 e. The summed E-state index contributed by atoms with van der Waals surface area (Å²) in [5, 5.41) is 8.38. The van der Waals surface area contributed by atoms with Crippen molar-refractivity contribution in [1.29, 1.82) is 0 Å². The van der Waals surface area contributed by atoms with Crippen LogP contribution in [0, 0.1) is 0 Å². The summed E-state index contributed by atoms with van der Waals surface area (Å²) in [7, 11) is 0. The van der Waals surface area contributed by atoms with E-state index in [0.29, 0.717) is 6.42 Å². The molecular formula is C13H14O4. The zero-order valence-electron chi connectivity index (χ0n) is 9.50. The van der Waals surface area contributed by atoms with Crippen LogP contribution < -0.4 is 0 Å². The SMILES string of the molecule is CCC(OC(=O)C=CC(=O)O)c1ccccc1. The molecule has 0 radical (unpaired) electrons. The molecule has 0 fully saturated rings. The number of hydrogen-bond donors (Lipinski definition) is 1. The van der Waals surface area contributed by atoms with E-state index in [9.17, 15) is 9.59 Å². The Hall–Kier alpha value is -2.10. The van der Waals surface area contributed by atoms with Gasteiger partial charge in [0.1, 0.15) is 6.10 Å². The third kappa shape index (κ3) is 4.51. The van der Waals surface area contributed by atoms with E-state index in [4.69, 9.17) is 9.84 Å². The van der Waals surface area contributed by atoms with Crippen molar-refractivity contribution in [2.24, 2.45) is 0 Å². The summed E-state index contributed by atoms with van der Waals surface area (Å²) in [6, 6.07) is 9.32. The van der Waals surface area contributed by atoms with Crippen LogP contribution in [0.15, 0.2) is 42.5 Å². The Bertz CT molecular complexity index is 409. The minimum Gasteiger partial charge on any atom is -0.478 e. The lowest BCUT2D eigenvalue weighted by Gasteiger charge is -2.15. The molecule has 1 unspecified atom stereocenters. The second kappa shape index (κ2) is 6.48. The van der Waals surface area contributed by atoms with Gasteiger partial charge in [0.15, 0.2) is 0 Å². The fourth-order valence-corrected chi connectivity index (χ4v) is 1.37. The average Bonchev–Trinajstić information content (AvgIpc) is 2.34. The molecule has 1 atom stereocenters. The zero-order valence-corrected chi connectivity index (χ0v) is 9.50. The van der Waals surface area contributed by atoms with Crippen LogP contribution in [-0.4, -0.2) is 17.0 Å². The molecule has 1 rings (SSSR count). The molecule has 0 aromatic heterocycles. The number of carbonyl (C=O) groups excluding carboxylic acids is 1. The van der Waals surface area contributed by atoms with E-state index in [2.05, 4.69) is 0 Å². The number of carboxylic acid groups (broad SMARTS) is 1. The minimum atomic E-state index is -1.17. The van der Waals surface area contributed by atoms with Gasteiger partial charge in [-0.1, -0.05) is 37.3 Å². The van der Waals surface area contributed by atoms with Gasteiger partial charge in [-0.15, -0.1) is 0 Å². The number of rotatable bonds is 5. The molecule has 0 aliphatic carbocycles. The van der Waals surface area contributed by atoms with Crippen LogP contribution in [0.3, 0.4) is 0 Å². The maximum atomic E-state index is 11.3. The van der Waals surface area contributed by atoms with Crippen molar-refractivity contribution in [2.45, 2.75) is 19.4 Å². The molecule has 0 aliphatic rings. The quantitative estimate of drug-likeness (QED) is 0.627. The van der Waals surface area contributed by atoms with Crippen LogP contribution in [0.5, 0.6) is 0 Å². The molecule has 0 amide bonds. The van der Waals surface area contributed by atoms with E-state index in [0.717, 1.165) is 17.7 Å². The van der Waals surface area contributed by atoms with Crippen LogP contribution >= 0.6 is 0 Å². The highest BCUT2D eigenvalue weighted by Crippen LogP contribution is 2.20. The maximum absolute atomic E-state index is 11.3. The first-order valence-electron chi connectivity index (χ1n) is 5.30. The minimum absolute atomic E-state index is 0.345. The molecule has 0 aliphatic heterocycles. The van der Waals surface area contributed by atoms with Gasteiger partial charge in [0.2, 0.25) is 0 Å². The van der Waals surface area contributed by atoms with Gasteiger partial charge in [-0.05, 0) is 12.0 Å². The van der Waals surface area contributed by atoms with Gasteiger partial charge in [0, 0.05) is 12.2 Å². The van der Waals surface area contributed by atoms with E-state index in [-0.39, 0.29) is 6.10 Å². The number of esters is 1. The Labute approximate surface area is 99.5 Å². The van der Waals surface area contributed by atoms with Crippen molar-refractivity contribution >= 4 is 11.9 Å². The lowest BCUT2D eigenvalue weighted by molar-refractivity contribution is -0.144. The first-order chi connectivity index (χ1) is 8.13. The fourth-order valence-electron chi connectivity index (χ4n) is 1.37. The molecule has 90 valence electrons. The topological polar surface area (TPSA) is 63.6 Å². The van der Waals surface area contributed by atoms with Crippen LogP contribution in [0.2, 0.25) is 0 Å². The van der Waals surface area contributed by atoms with Gasteiger partial charge >= 0.3 is 11.9 Å². The average molecular weight is 234 g/mol. The first-order valence-corrected chi connectivity index (χ1v) is 5.30. The monoisotopic (exact) mass is 234 g/mol. The van der Waals surface area contributed by atoms with Crippen molar-refractivity contribution in [3.63, 3.8) is 0 Å². The molecule has 0 heterocycles. The molecule has 17 heavy (non-hydrogen) atoms. The predicted molar refractivity (Wildman–Crippen MR) is 62.3 cm³/mol. The Morgan fingerprint density at radius 2 is 1.94 bits per heavy atom. The summed E-state index contributed by atoms with van der Waals surface area (Å²) in [5.41, 5.74) is 0.895. The van der Waals surface area contributed by atoms with Crippen LogP contribution in [0.4, 0.5) is 0 Å². The summed E-state index contributed by atoms with van der Waals surface area (Å²) < 4.78 is 5.15. The van der Waals surface area contributed by atoms with Crippen LogP contribution in [-0.2, 0) is 14.3 Å². The molecule has 4 nitrogen and oxygen atoms in total. The number of ether oxygens (including phenoxy) is 1. The van der Waals surface area contributed by atoms with E-state index in [1.54, 1.807) is 0 Å². The van der Waals surface area contributed by atoms with Gasteiger partial charge in [-0.3, -0.25) is 0 Å². The molecule has 1 N–H and O–H groups in total. The van der Waals surface area contributed by atoms with E-state index >= 15 is 0 Å². The lowest BCUT2D eigenvalue weighted by Crippen LogP contribution is -2.09. The largest absolute Gasteiger partial charge is 0.478 e. The summed E-state index contributed by atoms with van der Waals surface area (Å²) in [6.45, 7) is 1.89. The Kier molecular flexibility index (Phi) is 4.94. The van der Waals surface area contributed by atoms with Gasteiger partial charge < -0.3 is 9.84 Å². The molecule has 1 aromatic carbocycles. The second-order valence-corrected chi connectivity index (χ2v) is 3.42. The summed E-state index contributed by atoms with van der Waals surface area (Å²) in [4.78, 5) is 21.6. The van der Waals surface area contributed by atoms with Gasteiger partial charge in [0.25, 0.3) is 0 Å². The van der Waals surface area contributed by atoms with Crippen LogP contribution in [0.25, 0.3) is 0 Å². The summed E-state index contributed by atoms with van der Waals surface area (Å²) in [6.07, 6.45) is 1.96. The second-order valence-electron chi connectivity index (χ2n) is 3.42. The van der Waals surface area contributed by atoms with Crippen molar-refractivity contribution in [3.8, 4) is 0 Å².